The Labute approximate surface area is 133 Å². The molecule has 0 aliphatic rings. The molecule has 3 aromatic rings. The van der Waals surface area contributed by atoms with Gasteiger partial charge in [-0.25, -0.2) is 4.98 Å². The van der Waals surface area contributed by atoms with E-state index in [2.05, 4.69) is 22.1 Å². The van der Waals surface area contributed by atoms with Gasteiger partial charge in [-0.3, -0.25) is 4.98 Å². The van der Waals surface area contributed by atoms with Crippen molar-refractivity contribution < 1.29 is 0 Å². The summed E-state index contributed by atoms with van der Waals surface area (Å²) < 4.78 is 0. The van der Waals surface area contributed by atoms with Gasteiger partial charge in [-0.05, 0) is 47.9 Å². The SMILES string of the molecule is Cc1csc(/C(C#N)=C/c2cccc(-c3ccncc3)c2)n1. The molecule has 0 bridgehead atoms. The molecule has 0 N–H and O–H groups in total. The Hall–Kier alpha value is -2.77. The molecule has 0 unspecified atom stereocenters. The molecule has 3 rings (SSSR count). The van der Waals surface area contributed by atoms with E-state index in [4.69, 9.17) is 0 Å². The predicted octanol–water partition coefficient (Wildman–Crippen LogP) is 4.58. The van der Waals surface area contributed by atoms with Crippen LogP contribution in [0.5, 0.6) is 0 Å². The summed E-state index contributed by atoms with van der Waals surface area (Å²) in [5, 5.41) is 12.1. The molecule has 4 heteroatoms. The highest BCUT2D eigenvalue weighted by Gasteiger charge is 2.06. The van der Waals surface area contributed by atoms with E-state index in [0.29, 0.717) is 5.57 Å². The maximum Gasteiger partial charge on any atom is 0.134 e. The summed E-state index contributed by atoms with van der Waals surface area (Å²) in [7, 11) is 0. The summed E-state index contributed by atoms with van der Waals surface area (Å²) in [4.78, 5) is 8.41. The number of allylic oxidation sites excluding steroid dienone is 1. The summed E-state index contributed by atoms with van der Waals surface area (Å²) in [6.07, 6.45) is 5.43. The van der Waals surface area contributed by atoms with Crippen molar-refractivity contribution >= 4 is 23.0 Å². The Morgan fingerprint density at radius 2 is 2.00 bits per heavy atom. The van der Waals surface area contributed by atoms with Crippen LogP contribution in [0.25, 0.3) is 22.8 Å². The molecule has 0 radical (unpaired) electrons. The molecule has 0 saturated carbocycles. The van der Waals surface area contributed by atoms with Gasteiger partial charge in [0, 0.05) is 23.5 Å². The number of benzene rings is 1. The summed E-state index contributed by atoms with van der Waals surface area (Å²) in [6.45, 7) is 1.93. The van der Waals surface area contributed by atoms with Crippen LogP contribution in [0.15, 0.2) is 54.2 Å². The van der Waals surface area contributed by atoms with Gasteiger partial charge < -0.3 is 0 Å². The summed E-state index contributed by atoms with van der Waals surface area (Å²) in [5.41, 5.74) is 4.72. The lowest BCUT2D eigenvalue weighted by atomic mass is 10.0. The van der Waals surface area contributed by atoms with Crippen LogP contribution < -0.4 is 0 Å². The van der Waals surface area contributed by atoms with Crippen LogP contribution in [0.4, 0.5) is 0 Å². The van der Waals surface area contributed by atoms with Crippen LogP contribution >= 0.6 is 11.3 Å². The Balaban J connectivity index is 1.99. The molecule has 22 heavy (non-hydrogen) atoms. The van der Waals surface area contributed by atoms with Gasteiger partial charge >= 0.3 is 0 Å². The van der Waals surface area contributed by atoms with Crippen molar-refractivity contribution in [1.82, 2.24) is 9.97 Å². The van der Waals surface area contributed by atoms with Gasteiger partial charge in [-0.15, -0.1) is 11.3 Å². The van der Waals surface area contributed by atoms with E-state index in [1.165, 1.54) is 11.3 Å². The maximum absolute atomic E-state index is 9.38. The van der Waals surface area contributed by atoms with E-state index in [-0.39, 0.29) is 0 Å². The first-order valence-electron chi connectivity index (χ1n) is 6.81. The zero-order valence-electron chi connectivity index (χ0n) is 12.0. The monoisotopic (exact) mass is 303 g/mol. The van der Waals surface area contributed by atoms with Crippen LogP contribution in [0.1, 0.15) is 16.3 Å². The molecule has 0 aliphatic heterocycles. The highest BCUT2D eigenvalue weighted by Crippen LogP contribution is 2.24. The zero-order valence-corrected chi connectivity index (χ0v) is 12.8. The smallest absolute Gasteiger partial charge is 0.134 e. The Morgan fingerprint density at radius 1 is 1.18 bits per heavy atom. The molecule has 0 spiro atoms. The second kappa shape index (κ2) is 6.33. The van der Waals surface area contributed by atoms with Crippen molar-refractivity contribution in [3.8, 4) is 17.2 Å². The fourth-order valence-corrected chi connectivity index (χ4v) is 2.90. The third kappa shape index (κ3) is 3.11. The first-order chi connectivity index (χ1) is 10.8. The second-order valence-electron chi connectivity index (χ2n) is 4.83. The number of hydrogen-bond acceptors (Lipinski definition) is 4. The number of hydrogen-bond donors (Lipinski definition) is 0. The van der Waals surface area contributed by atoms with Crippen molar-refractivity contribution in [2.45, 2.75) is 6.92 Å². The van der Waals surface area contributed by atoms with Crippen molar-refractivity contribution in [2.24, 2.45) is 0 Å². The molecule has 0 saturated heterocycles. The molecule has 0 aliphatic carbocycles. The fraction of sp³-hybridized carbons (Fsp3) is 0.0556. The largest absolute Gasteiger partial charge is 0.265 e. The molecule has 3 nitrogen and oxygen atoms in total. The number of rotatable bonds is 3. The lowest BCUT2D eigenvalue weighted by Gasteiger charge is -2.03. The van der Waals surface area contributed by atoms with Gasteiger partial charge in [0.2, 0.25) is 0 Å². The van der Waals surface area contributed by atoms with Crippen LogP contribution in [0.2, 0.25) is 0 Å². The average Bonchev–Trinajstić information content (AvgIpc) is 3.00. The highest BCUT2D eigenvalue weighted by atomic mass is 32.1. The first-order valence-corrected chi connectivity index (χ1v) is 7.69. The molecule has 106 valence electrons. The van der Waals surface area contributed by atoms with Gasteiger partial charge in [0.05, 0.1) is 5.57 Å². The topological polar surface area (TPSA) is 49.6 Å². The Kier molecular flexibility index (Phi) is 4.08. The van der Waals surface area contributed by atoms with E-state index >= 15 is 0 Å². The standard InChI is InChI=1S/C18H13N3S/c1-13-12-22-18(21-13)17(11-19)10-14-3-2-4-16(9-14)15-5-7-20-8-6-15/h2-10,12H,1H3/b17-10+. The van der Waals surface area contributed by atoms with Gasteiger partial charge in [0.25, 0.3) is 0 Å². The summed E-state index contributed by atoms with van der Waals surface area (Å²) >= 11 is 1.49. The number of pyridine rings is 1. The molecule has 0 fully saturated rings. The lowest BCUT2D eigenvalue weighted by molar-refractivity contribution is 1.25. The van der Waals surface area contributed by atoms with E-state index in [9.17, 15) is 5.26 Å². The minimum absolute atomic E-state index is 0.588. The summed E-state index contributed by atoms with van der Waals surface area (Å²) in [6, 6.07) is 14.3. The van der Waals surface area contributed by atoms with E-state index < -0.39 is 0 Å². The Morgan fingerprint density at radius 3 is 2.68 bits per heavy atom. The van der Waals surface area contributed by atoms with Crippen LogP contribution in [-0.2, 0) is 0 Å². The van der Waals surface area contributed by atoms with E-state index in [0.717, 1.165) is 27.4 Å². The number of thiazole rings is 1. The molecule has 0 atom stereocenters. The maximum atomic E-state index is 9.38. The van der Waals surface area contributed by atoms with Crippen molar-refractivity contribution in [3.05, 3.63) is 70.4 Å². The van der Waals surface area contributed by atoms with Crippen molar-refractivity contribution in [3.63, 3.8) is 0 Å². The minimum atomic E-state index is 0.588. The van der Waals surface area contributed by atoms with Crippen LogP contribution in [-0.4, -0.2) is 9.97 Å². The number of nitrogens with zero attached hydrogens (tertiary/aromatic N) is 3. The second-order valence-corrected chi connectivity index (χ2v) is 5.68. The van der Waals surface area contributed by atoms with E-state index in [1.807, 2.05) is 48.7 Å². The lowest BCUT2D eigenvalue weighted by Crippen LogP contribution is -1.83. The van der Waals surface area contributed by atoms with Crippen LogP contribution in [0.3, 0.4) is 0 Å². The molecule has 2 heterocycles. The number of aromatic nitrogens is 2. The Bertz CT molecular complexity index is 857. The number of aryl methyl sites for hydroxylation is 1. The third-order valence-corrected chi connectivity index (χ3v) is 4.17. The van der Waals surface area contributed by atoms with Gasteiger partial charge in [-0.2, -0.15) is 5.26 Å². The molecule has 1 aromatic carbocycles. The number of nitriles is 1. The third-order valence-electron chi connectivity index (χ3n) is 3.18. The van der Waals surface area contributed by atoms with Crippen molar-refractivity contribution in [2.75, 3.05) is 0 Å². The predicted molar refractivity (Wildman–Crippen MR) is 90.0 cm³/mol. The first kappa shape index (κ1) is 14.2. The molecule has 2 aromatic heterocycles. The highest BCUT2D eigenvalue weighted by molar-refractivity contribution is 7.11. The minimum Gasteiger partial charge on any atom is -0.265 e. The summed E-state index contributed by atoms with van der Waals surface area (Å²) in [5.74, 6) is 0. The van der Waals surface area contributed by atoms with Gasteiger partial charge in [-0.1, -0.05) is 18.2 Å². The molecular weight excluding hydrogens is 290 g/mol. The van der Waals surface area contributed by atoms with E-state index in [1.54, 1.807) is 12.4 Å². The zero-order chi connectivity index (χ0) is 15.4. The van der Waals surface area contributed by atoms with Gasteiger partial charge in [0.1, 0.15) is 11.1 Å². The fourth-order valence-electron chi connectivity index (χ4n) is 2.14. The quantitative estimate of drug-likeness (QED) is 0.665. The van der Waals surface area contributed by atoms with Crippen LogP contribution in [0, 0.1) is 18.3 Å². The van der Waals surface area contributed by atoms with Crippen molar-refractivity contribution in [1.29, 1.82) is 5.26 Å². The molecule has 0 amide bonds. The molecular formula is C18H13N3S. The average molecular weight is 303 g/mol. The normalized spacial score (nSPS) is 11.2. The van der Waals surface area contributed by atoms with Gasteiger partial charge in [0.15, 0.2) is 0 Å².